The van der Waals surface area contributed by atoms with Gasteiger partial charge in [0.25, 0.3) is 11.8 Å². The number of carbonyl (C=O) groups is 4. The van der Waals surface area contributed by atoms with Crippen molar-refractivity contribution in [3.05, 3.63) is 143 Å². The van der Waals surface area contributed by atoms with E-state index >= 15 is 0 Å². The lowest BCUT2D eigenvalue weighted by molar-refractivity contribution is -0.154. The molecule has 2 saturated carbocycles. The van der Waals surface area contributed by atoms with Crippen LogP contribution in [0, 0.1) is 25.7 Å². The number of hydroxylamine groups is 1. The molecule has 0 spiro atoms. The number of anilines is 4. The first-order valence-electron chi connectivity index (χ1n) is 27.3. The lowest BCUT2D eigenvalue weighted by atomic mass is 9.90. The molecular weight excluding hydrogens is 1090 g/mol. The summed E-state index contributed by atoms with van der Waals surface area (Å²) >= 11 is 6.11. The SMILES string of the molecule is CC(C)CC(C(=O)NC(C(=O)OC1CCCC1)c1ccccc1)C(O)C(=O)NO.CCn1cnc2c(Nc3cccc(Cl)c3)nc(N[C@@H]3CCCC[C@@H]3N)nc21.Cc1ccccc1N=Nc1ccc(NC(=O)c2ccnn2C)c(C)c1.Cl. The highest BCUT2D eigenvalue weighted by Gasteiger charge is 2.36. The highest BCUT2D eigenvalue weighted by Crippen LogP contribution is 2.30. The van der Waals surface area contributed by atoms with Crippen LogP contribution in [0.3, 0.4) is 0 Å². The van der Waals surface area contributed by atoms with Gasteiger partial charge in [-0.05, 0) is 137 Å². The number of azo groups is 1. The molecule has 0 aliphatic heterocycles. The fourth-order valence-electron chi connectivity index (χ4n) is 9.50. The average molecular weight is 1160 g/mol. The minimum absolute atomic E-state index is 0. The van der Waals surface area contributed by atoms with Gasteiger partial charge in [-0.1, -0.05) is 92.9 Å². The molecule has 5 atom stereocenters. The number of aliphatic hydroxyl groups excluding tert-OH is 1. The van der Waals surface area contributed by atoms with Gasteiger partial charge in [-0.25, -0.2) is 15.3 Å². The molecule has 82 heavy (non-hydrogen) atoms. The largest absolute Gasteiger partial charge is 0.461 e. The van der Waals surface area contributed by atoms with Crippen molar-refractivity contribution in [2.24, 2.45) is 34.8 Å². The molecule has 2 aliphatic rings. The second-order valence-electron chi connectivity index (χ2n) is 20.6. The number of hydrogen-bond acceptors (Lipinski definition) is 16. The molecule has 3 amide bonds. The van der Waals surface area contributed by atoms with Crippen molar-refractivity contribution in [2.45, 2.75) is 129 Å². The molecule has 3 heterocycles. The lowest BCUT2D eigenvalue weighted by Crippen LogP contribution is -2.47. The van der Waals surface area contributed by atoms with E-state index in [2.05, 4.69) is 48.5 Å². The van der Waals surface area contributed by atoms with Crippen LogP contribution in [0.5, 0.6) is 0 Å². The molecule has 21 nitrogen and oxygen atoms in total. The number of aromatic nitrogens is 6. The number of nitrogens with zero attached hydrogens (tertiary/aromatic N) is 8. The zero-order valence-corrected chi connectivity index (χ0v) is 48.5. The summed E-state index contributed by atoms with van der Waals surface area (Å²) in [5.74, 6) is -2.41. The topological polar surface area (TPSA) is 290 Å². The van der Waals surface area contributed by atoms with E-state index in [-0.39, 0.29) is 48.8 Å². The Morgan fingerprint density at radius 3 is 2.23 bits per heavy atom. The van der Waals surface area contributed by atoms with Crippen molar-refractivity contribution in [2.75, 3.05) is 16.0 Å². The van der Waals surface area contributed by atoms with E-state index in [9.17, 15) is 24.3 Å². The fraction of sp³-hybridized carbons (Fsp3) is 0.390. The summed E-state index contributed by atoms with van der Waals surface area (Å²) in [7, 11) is 1.73. The minimum atomic E-state index is -1.75. The van der Waals surface area contributed by atoms with Gasteiger partial charge in [0.2, 0.25) is 11.9 Å². The summed E-state index contributed by atoms with van der Waals surface area (Å²) in [5, 5.41) is 44.6. The second kappa shape index (κ2) is 30.8. The van der Waals surface area contributed by atoms with Gasteiger partial charge in [-0.3, -0.25) is 24.3 Å². The highest BCUT2D eigenvalue weighted by atomic mass is 35.5. The van der Waals surface area contributed by atoms with Gasteiger partial charge in [-0.2, -0.15) is 25.3 Å². The van der Waals surface area contributed by atoms with Crippen LogP contribution in [0.1, 0.15) is 112 Å². The van der Waals surface area contributed by atoms with Gasteiger partial charge in [0, 0.05) is 48.3 Å². The number of fused-ring (bicyclic) bond motifs is 1. The Labute approximate surface area is 488 Å². The Balaban J connectivity index is 0.000000197. The summed E-state index contributed by atoms with van der Waals surface area (Å²) in [4.78, 5) is 63.6. The van der Waals surface area contributed by atoms with Crippen molar-refractivity contribution in [1.82, 2.24) is 40.1 Å². The monoisotopic (exact) mass is 1160 g/mol. The number of esters is 1. The number of imidazole rings is 1. The summed E-state index contributed by atoms with van der Waals surface area (Å²) < 4.78 is 9.13. The van der Waals surface area contributed by atoms with E-state index < -0.39 is 35.8 Å². The summed E-state index contributed by atoms with van der Waals surface area (Å²) in [6, 6.07) is 30.5. The van der Waals surface area contributed by atoms with Gasteiger partial charge in [0.15, 0.2) is 23.0 Å². The summed E-state index contributed by atoms with van der Waals surface area (Å²) in [5.41, 5.74) is 15.4. The molecule has 4 aromatic carbocycles. The van der Waals surface area contributed by atoms with Crippen LogP contribution in [-0.2, 0) is 32.7 Å². The number of nitrogens with two attached hydrogens (primary N) is 1. The van der Waals surface area contributed by atoms with Crippen molar-refractivity contribution in [3.8, 4) is 0 Å². The Hall–Kier alpha value is -7.82. The molecule has 7 aromatic rings. The first-order valence-corrected chi connectivity index (χ1v) is 27.7. The van der Waals surface area contributed by atoms with Crippen molar-refractivity contribution >= 4 is 93.4 Å². The molecule has 3 unspecified atom stereocenters. The van der Waals surface area contributed by atoms with Crippen LogP contribution in [-0.4, -0.2) is 87.6 Å². The number of rotatable bonds is 18. The van der Waals surface area contributed by atoms with Crippen molar-refractivity contribution in [1.29, 1.82) is 0 Å². The number of ether oxygens (including phenoxy) is 1. The van der Waals surface area contributed by atoms with Crippen LogP contribution >= 0.6 is 24.0 Å². The van der Waals surface area contributed by atoms with Gasteiger partial charge in [0.05, 0.1) is 23.6 Å². The number of benzene rings is 4. The maximum Gasteiger partial charge on any atom is 0.333 e. The first-order chi connectivity index (χ1) is 39.0. The maximum atomic E-state index is 12.9. The maximum absolute atomic E-state index is 12.9. The first kappa shape index (κ1) is 63.4. The molecule has 3 aromatic heterocycles. The van der Waals surface area contributed by atoms with Crippen LogP contribution in [0.25, 0.3) is 11.2 Å². The Bertz CT molecular complexity index is 3260. The summed E-state index contributed by atoms with van der Waals surface area (Å²) in [6.07, 6.45) is 9.68. The number of hydrogen-bond donors (Lipinski definition) is 8. The van der Waals surface area contributed by atoms with Crippen LogP contribution in [0.4, 0.5) is 34.5 Å². The Kier molecular flexibility index (Phi) is 23.8. The third-order valence-corrected chi connectivity index (χ3v) is 14.2. The van der Waals surface area contributed by atoms with E-state index in [1.54, 1.807) is 56.0 Å². The average Bonchev–Trinajstić information content (AvgIpc) is 4.45. The molecule has 9 rings (SSSR count). The number of carbonyl (C=O) groups excluding carboxylic acids is 4. The van der Waals surface area contributed by atoms with Crippen LogP contribution in [0.15, 0.2) is 126 Å². The zero-order valence-electron chi connectivity index (χ0n) is 47.0. The smallest absolute Gasteiger partial charge is 0.333 e. The third kappa shape index (κ3) is 17.6. The van der Waals surface area contributed by atoms with Crippen LogP contribution < -0.4 is 32.5 Å². The fourth-order valence-corrected chi connectivity index (χ4v) is 9.69. The molecule has 23 heteroatoms. The van der Waals surface area contributed by atoms with E-state index in [0.29, 0.717) is 28.0 Å². The quantitative estimate of drug-likeness (QED) is 0.0172. The van der Waals surface area contributed by atoms with E-state index in [1.807, 2.05) is 99.0 Å². The Morgan fingerprint density at radius 1 is 0.854 bits per heavy atom. The molecule has 2 fully saturated rings. The normalized spacial score (nSPS) is 16.1. The predicted molar refractivity (Wildman–Crippen MR) is 319 cm³/mol. The van der Waals surface area contributed by atoms with Gasteiger partial charge >= 0.3 is 5.97 Å². The molecule has 436 valence electrons. The van der Waals surface area contributed by atoms with E-state index in [1.165, 1.54) is 23.0 Å². The summed E-state index contributed by atoms with van der Waals surface area (Å²) in [6.45, 7) is 10.5. The van der Waals surface area contributed by atoms with Gasteiger partial charge in [0.1, 0.15) is 17.9 Å². The lowest BCUT2D eigenvalue weighted by Gasteiger charge is -2.29. The number of amides is 3. The molecule has 2 aliphatic carbocycles. The number of halogens is 2. The molecular formula is C59H74Cl2N14O7. The van der Waals surface area contributed by atoms with E-state index in [0.717, 1.165) is 90.1 Å². The molecule has 0 radical (unpaired) electrons. The second-order valence-corrected chi connectivity index (χ2v) is 21.0. The highest BCUT2D eigenvalue weighted by molar-refractivity contribution is 6.30. The van der Waals surface area contributed by atoms with Crippen LogP contribution in [0.2, 0.25) is 5.02 Å². The minimum Gasteiger partial charge on any atom is -0.461 e. The zero-order chi connectivity index (χ0) is 58.0. The molecule has 0 saturated heterocycles. The van der Waals surface area contributed by atoms with Crippen molar-refractivity contribution < 1.29 is 34.2 Å². The molecule has 9 N–H and O–H groups in total. The number of aliphatic hydroxyl groups is 1. The standard InChI is InChI=1S/C21H30N2O6.C19H24ClN7.C19H19N5O.ClH/c1-13(2)12-16(18(24)20(26)23-28)19(25)22-17(14-8-4-3-5-9-14)21(27)29-15-10-6-7-11-15;1-2-27-11-22-16-17(23-13-7-5-6-12(20)10-13)25-19(26-18(16)27)24-15-9-4-3-8-14(15)21;1-13-6-4-5-7-17(13)23-22-15-8-9-16(14(2)12-15)21-19(25)18-10-11-20-24(18)3;/h3-5,8-9,13,15-18,24,28H,6-7,10-12H2,1-2H3,(H,22,25)(H,23,26);5-7,10-11,14-15H,2-4,8-9,21H2,1H3,(H2,23,24,25,26);4-12H,1-3H3,(H,21,25);1H/t;14-,15+;;/m.0../s1. The third-order valence-electron chi connectivity index (χ3n) is 14.0. The van der Waals surface area contributed by atoms with Crippen molar-refractivity contribution in [3.63, 3.8) is 0 Å². The Morgan fingerprint density at radius 2 is 1.57 bits per heavy atom. The number of aryl methyl sites for hydroxylation is 4. The van der Waals surface area contributed by atoms with E-state index in [4.69, 9.17) is 37.2 Å². The predicted octanol–water partition coefficient (Wildman–Crippen LogP) is 10.9. The van der Waals surface area contributed by atoms with Gasteiger partial charge < -0.3 is 41.4 Å². The molecule has 0 bridgehead atoms. The van der Waals surface area contributed by atoms with Gasteiger partial charge in [-0.15, -0.1) is 12.4 Å². The number of nitrogens with one attached hydrogen (secondary N) is 5.